The van der Waals surface area contributed by atoms with Gasteiger partial charge in [-0.25, -0.2) is 0 Å². The molecule has 0 spiro atoms. The molecule has 0 heterocycles. The topological polar surface area (TPSA) is 61.7 Å². The number of benzene rings is 2. The van der Waals surface area contributed by atoms with E-state index in [4.69, 9.17) is 5.21 Å². The van der Waals surface area contributed by atoms with E-state index in [0.717, 1.165) is 11.1 Å². The van der Waals surface area contributed by atoms with Crippen molar-refractivity contribution in [2.75, 3.05) is 0 Å². The normalized spacial score (nSPS) is 12.0. The maximum Gasteiger partial charge on any atom is 0.251 e. The highest BCUT2D eigenvalue weighted by Crippen LogP contribution is 2.19. The average Bonchev–Trinajstić information content (AvgIpc) is 2.55. The Morgan fingerprint density at radius 3 is 2.13 bits per heavy atom. The maximum atomic E-state index is 12.2. The molecule has 0 radical (unpaired) electrons. The Kier molecular flexibility index (Phi) is 7.00. The Labute approximate surface area is 137 Å². The molecule has 0 saturated carbocycles. The van der Waals surface area contributed by atoms with Gasteiger partial charge >= 0.3 is 0 Å². The Balaban J connectivity index is 0.00000264. The minimum atomic E-state index is -0.300. The zero-order chi connectivity index (χ0) is 15.9. The molecule has 2 N–H and O–H groups in total. The molecule has 0 saturated heterocycles. The lowest BCUT2D eigenvalue weighted by Crippen LogP contribution is -2.39. The van der Waals surface area contributed by atoms with Gasteiger partial charge in [-0.3, -0.25) is 4.79 Å². The first-order valence-corrected chi connectivity index (χ1v) is 7.25. The second kappa shape index (κ2) is 8.73. The number of hydrogen-bond donors (Lipinski definition) is 2. The first-order valence-electron chi connectivity index (χ1n) is 7.25. The van der Waals surface area contributed by atoms with Crippen molar-refractivity contribution in [1.82, 2.24) is 5.32 Å². The monoisotopic (exact) mass is 312 g/mol. The van der Waals surface area contributed by atoms with E-state index in [9.17, 15) is 4.79 Å². The summed E-state index contributed by atoms with van der Waals surface area (Å²) in [7, 11) is 0. The molecule has 0 aromatic heterocycles. The van der Waals surface area contributed by atoms with Crippen LogP contribution in [-0.2, 0) is 0 Å². The molecule has 23 heavy (non-hydrogen) atoms. The van der Waals surface area contributed by atoms with Gasteiger partial charge in [0.1, 0.15) is 0 Å². The summed E-state index contributed by atoms with van der Waals surface area (Å²) in [6.07, 6.45) is 1.33. The van der Waals surface area contributed by atoms with Gasteiger partial charge in [0.05, 0.1) is 12.3 Å². The number of carbonyl (C=O) groups excluding carboxylic acids is 1. The molecule has 4 heteroatoms. The van der Waals surface area contributed by atoms with Crippen LogP contribution in [-0.4, -0.2) is 23.4 Å². The number of hydrogen-bond acceptors (Lipinski definition) is 3. The highest BCUT2D eigenvalue weighted by Gasteiger charge is 2.15. The Morgan fingerprint density at radius 2 is 1.61 bits per heavy atom. The van der Waals surface area contributed by atoms with Crippen molar-refractivity contribution in [2.24, 2.45) is 11.1 Å². The van der Waals surface area contributed by atoms with E-state index in [1.165, 1.54) is 6.21 Å². The summed E-state index contributed by atoms with van der Waals surface area (Å²) < 4.78 is 0. The van der Waals surface area contributed by atoms with Crippen LogP contribution < -0.4 is 5.32 Å². The van der Waals surface area contributed by atoms with Gasteiger partial charge in [-0.1, -0.05) is 68.9 Å². The minimum absolute atomic E-state index is 0. The van der Waals surface area contributed by atoms with Crippen LogP contribution in [0.3, 0.4) is 0 Å². The third-order valence-corrected chi connectivity index (χ3v) is 3.50. The maximum absolute atomic E-state index is 12.2. The summed E-state index contributed by atoms with van der Waals surface area (Å²) in [5.74, 6) is -0.0401. The number of oxime groups is 1. The Hall–Kier alpha value is -2.62. The molecule has 0 aliphatic carbocycles. The summed E-state index contributed by atoms with van der Waals surface area (Å²) >= 11 is 0. The van der Waals surface area contributed by atoms with Gasteiger partial charge in [0, 0.05) is 5.56 Å². The zero-order valence-corrected chi connectivity index (χ0v) is 12.7. The summed E-state index contributed by atoms with van der Waals surface area (Å²) in [4.78, 5) is 12.2. The molecule has 2 rings (SSSR count). The SMILES string of the molecule is C.CC(C)[C@@H](/C=N/O)NC(=O)c1ccc(-c2ccccc2)cc1. The molecule has 122 valence electrons. The number of nitrogens with zero attached hydrogens (tertiary/aromatic N) is 1. The standard InChI is InChI=1S/C18H20N2O2.CH4/c1-13(2)17(12-19-22)20-18(21)16-10-8-15(9-11-16)14-6-4-3-5-7-14;/h3-13,17,22H,1-2H3,(H,20,21);1H4/b19-12+;/t17-;/m1./s1. The van der Waals surface area contributed by atoms with E-state index in [-0.39, 0.29) is 25.3 Å². The lowest BCUT2D eigenvalue weighted by atomic mass is 10.0. The second-order valence-corrected chi connectivity index (χ2v) is 5.45. The summed E-state index contributed by atoms with van der Waals surface area (Å²) in [6, 6.07) is 17.1. The van der Waals surface area contributed by atoms with Gasteiger partial charge in [-0.2, -0.15) is 0 Å². The van der Waals surface area contributed by atoms with Crippen molar-refractivity contribution in [2.45, 2.75) is 27.3 Å². The van der Waals surface area contributed by atoms with E-state index < -0.39 is 0 Å². The molecule has 0 unspecified atom stereocenters. The van der Waals surface area contributed by atoms with Gasteiger partial charge in [-0.05, 0) is 29.2 Å². The zero-order valence-electron chi connectivity index (χ0n) is 12.7. The van der Waals surface area contributed by atoms with E-state index in [2.05, 4.69) is 10.5 Å². The van der Waals surface area contributed by atoms with E-state index in [0.29, 0.717) is 5.56 Å². The third-order valence-electron chi connectivity index (χ3n) is 3.50. The van der Waals surface area contributed by atoms with Gasteiger partial charge in [-0.15, -0.1) is 0 Å². The van der Waals surface area contributed by atoms with Crippen LogP contribution >= 0.6 is 0 Å². The molecule has 0 aliphatic heterocycles. The molecular weight excluding hydrogens is 288 g/mol. The van der Waals surface area contributed by atoms with Crippen LogP contribution in [0.2, 0.25) is 0 Å². The quantitative estimate of drug-likeness (QED) is 0.493. The number of amides is 1. The number of rotatable bonds is 5. The lowest BCUT2D eigenvalue weighted by molar-refractivity contribution is 0.0940. The molecule has 1 amide bonds. The fourth-order valence-corrected chi connectivity index (χ4v) is 2.13. The molecule has 0 bridgehead atoms. The van der Waals surface area contributed by atoms with Crippen LogP contribution in [0.15, 0.2) is 59.8 Å². The largest absolute Gasteiger partial charge is 0.411 e. The van der Waals surface area contributed by atoms with Crippen molar-refractivity contribution in [3.05, 3.63) is 60.2 Å². The minimum Gasteiger partial charge on any atom is -0.411 e. The van der Waals surface area contributed by atoms with Gasteiger partial charge in [0.25, 0.3) is 5.91 Å². The van der Waals surface area contributed by atoms with Crippen molar-refractivity contribution in [3.8, 4) is 11.1 Å². The number of carbonyl (C=O) groups is 1. The predicted molar refractivity (Wildman–Crippen MR) is 95.0 cm³/mol. The van der Waals surface area contributed by atoms with Crippen LogP contribution in [0.5, 0.6) is 0 Å². The third kappa shape index (κ3) is 4.95. The van der Waals surface area contributed by atoms with Crippen molar-refractivity contribution >= 4 is 12.1 Å². The van der Waals surface area contributed by atoms with Crippen LogP contribution in [0.1, 0.15) is 31.6 Å². The molecule has 4 nitrogen and oxygen atoms in total. The number of nitrogens with one attached hydrogen (secondary N) is 1. The fourth-order valence-electron chi connectivity index (χ4n) is 2.13. The molecule has 0 fully saturated rings. The molecule has 2 aromatic carbocycles. The van der Waals surface area contributed by atoms with Gasteiger partial charge in [0.2, 0.25) is 0 Å². The van der Waals surface area contributed by atoms with Crippen molar-refractivity contribution < 1.29 is 10.0 Å². The van der Waals surface area contributed by atoms with E-state index >= 15 is 0 Å². The van der Waals surface area contributed by atoms with E-state index in [1.807, 2.05) is 56.3 Å². The summed E-state index contributed by atoms with van der Waals surface area (Å²) in [5.41, 5.74) is 2.76. The first kappa shape index (κ1) is 18.4. The molecule has 2 aromatic rings. The smallest absolute Gasteiger partial charge is 0.251 e. The fraction of sp³-hybridized carbons (Fsp3) is 0.263. The highest BCUT2D eigenvalue weighted by molar-refractivity contribution is 5.96. The Morgan fingerprint density at radius 1 is 1.04 bits per heavy atom. The first-order chi connectivity index (χ1) is 10.6. The van der Waals surface area contributed by atoms with Crippen LogP contribution in [0.4, 0.5) is 0 Å². The average molecular weight is 312 g/mol. The Bertz CT molecular complexity index is 634. The lowest BCUT2D eigenvalue weighted by Gasteiger charge is -2.17. The molecular formula is C19H24N2O2. The summed E-state index contributed by atoms with van der Waals surface area (Å²) in [6.45, 7) is 3.90. The summed E-state index contributed by atoms with van der Waals surface area (Å²) in [5, 5.41) is 14.5. The van der Waals surface area contributed by atoms with Gasteiger partial charge in [0.15, 0.2) is 0 Å². The van der Waals surface area contributed by atoms with E-state index in [1.54, 1.807) is 12.1 Å². The van der Waals surface area contributed by atoms with Gasteiger partial charge < -0.3 is 10.5 Å². The van der Waals surface area contributed by atoms with Crippen molar-refractivity contribution in [1.29, 1.82) is 0 Å². The van der Waals surface area contributed by atoms with Crippen molar-refractivity contribution in [3.63, 3.8) is 0 Å². The van der Waals surface area contributed by atoms with Crippen LogP contribution in [0.25, 0.3) is 11.1 Å². The molecule has 0 aliphatic rings. The van der Waals surface area contributed by atoms with Crippen LogP contribution in [0, 0.1) is 5.92 Å². The highest BCUT2D eigenvalue weighted by atomic mass is 16.4. The predicted octanol–water partition coefficient (Wildman–Crippen LogP) is 4.20. The molecule has 1 atom stereocenters. The second-order valence-electron chi connectivity index (χ2n) is 5.45.